The summed E-state index contributed by atoms with van der Waals surface area (Å²) in [5, 5.41) is 24.1. The molecule has 36 heavy (non-hydrogen) atoms. The quantitative estimate of drug-likeness (QED) is 0.286. The highest BCUT2D eigenvalue weighted by Crippen LogP contribution is 2.42. The molecular formula is C28H34NO6P. The Morgan fingerprint density at radius 3 is 2.36 bits per heavy atom. The van der Waals surface area contributed by atoms with E-state index >= 15 is 0 Å². The minimum Gasteiger partial charge on any atom is -0.508 e. The largest absolute Gasteiger partial charge is 0.508 e. The molecular weight excluding hydrogens is 477 g/mol. The number of rotatable bonds is 11. The Bertz CT molecular complexity index is 1160. The van der Waals surface area contributed by atoms with Crippen LogP contribution in [0.5, 0.6) is 17.2 Å². The van der Waals surface area contributed by atoms with Gasteiger partial charge < -0.3 is 29.9 Å². The van der Waals surface area contributed by atoms with E-state index < -0.39 is 14.1 Å². The van der Waals surface area contributed by atoms with E-state index in [1.165, 1.54) is 5.56 Å². The molecule has 0 aliphatic heterocycles. The molecule has 0 radical (unpaired) electrons. The summed E-state index contributed by atoms with van der Waals surface area (Å²) in [6, 6.07) is 19.5. The van der Waals surface area contributed by atoms with Gasteiger partial charge in [0.15, 0.2) is 0 Å². The number of phenols is 1. The average Bonchev–Trinajstić information content (AvgIpc) is 3.37. The first kappa shape index (κ1) is 26.2. The lowest BCUT2D eigenvalue weighted by Crippen LogP contribution is -2.45. The van der Waals surface area contributed by atoms with E-state index in [2.05, 4.69) is 18.3 Å². The van der Waals surface area contributed by atoms with Crippen molar-refractivity contribution in [2.24, 2.45) is 0 Å². The number of aromatic hydroxyl groups is 1. The maximum Gasteiger partial charge on any atom is 0.218 e. The summed E-state index contributed by atoms with van der Waals surface area (Å²) in [4.78, 5) is 9.26. The van der Waals surface area contributed by atoms with Gasteiger partial charge in [-0.25, -0.2) is 0 Å². The summed E-state index contributed by atoms with van der Waals surface area (Å²) in [6.07, 6.45) is 3.49. The third-order valence-corrected chi connectivity index (χ3v) is 7.63. The van der Waals surface area contributed by atoms with E-state index in [9.17, 15) is 19.7 Å². The summed E-state index contributed by atoms with van der Waals surface area (Å²) < 4.78 is 23.1. The Morgan fingerprint density at radius 2 is 1.69 bits per heavy atom. The first-order valence-electron chi connectivity index (χ1n) is 12.3. The van der Waals surface area contributed by atoms with Gasteiger partial charge in [-0.2, -0.15) is 0 Å². The fraction of sp³-hybridized carbons (Fsp3) is 0.357. The topological polar surface area (TPSA) is 108 Å². The number of hydrogen-bond acceptors (Lipinski definition) is 6. The van der Waals surface area contributed by atoms with Gasteiger partial charge in [-0.15, -0.1) is 0 Å². The first-order chi connectivity index (χ1) is 17.4. The first-order valence-corrected chi connectivity index (χ1v) is 13.6. The lowest BCUT2D eigenvalue weighted by molar-refractivity contribution is 0.0961. The predicted octanol–water partition coefficient (Wildman–Crippen LogP) is 4.17. The number of benzene rings is 3. The van der Waals surface area contributed by atoms with Crippen LogP contribution in [0.1, 0.15) is 42.4 Å². The van der Waals surface area contributed by atoms with Gasteiger partial charge in [0.2, 0.25) is 8.03 Å². The molecule has 2 atom stereocenters. The maximum atomic E-state index is 11.3. The van der Waals surface area contributed by atoms with Gasteiger partial charge in [0.25, 0.3) is 0 Å². The lowest BCUT2D eigenvalue weighted by Gasteiger charge is -2.34. The molecule has 0 bridgehead atoms. The van der Waals surface area contributed by atoms with Crippen molar-refractivity contribution in [1.29, 1.82) is 0 Å². The van der Waals surface area contributed by atoms with E-state index in [0.29, 0.717) is 24.2 Å². The second kappa shape index (κ2) is 11.9. The predicted molar refractivity (Wildman–Crippen MR) is 141 cm³/mol. The number of aliphatic hydroxyl groups excluding tert-OH is 1. The molecule has 1 aliphatic rings. The highest BCUT2D eigenvalue weighted by Gasteiger charge is 2.37. The third-order valence-electron chi connectivity index (χ3n) is 6.81. The molecule has 0 heterocycles. The van der Waals surface area contributed by atoms with Gasteiger partial charge in [-0.1, -0.05) is 37.1 Å². The number of ether oxygens (including phenoxy) is 2. The van der Waals surface area contributed by atoms with Crippen LogP contribution in [0.3, 0.4) is 0 Å². The summed E-state index contributed by atoms with van der Waals surface area (Å²) in [5.74, 6) is 1.58. The van der Waals surface area contributed by atoms with E-state index in [0.717, 1.165) is 42.6 Å². The van der Waals surface area contributed by atoms with Crippen molar-refractivity contribution in [2.45, 2.75) is 50.9 Å². The minimum absolute atomic E-state index is 0.153. The zero-order valence-electron chi connectivity index (χ0n) is 20.4. The lowest BCUT2D eigenvalue weighted by atomic mass is 9.84. The number of aliphatic hydroxyl groups is 1. The van der Waals surface area contributed by atoms with Crippen LogP contribution in [0, 0.1) is 6.92 Å². The fourth-order valence-electron chi connectivity index (χ4n) is 4.82. The molecule has 4 N–H and O–H groups in total. The molecule has 0 amide bonds. The zero-order valence-corrected chi connectivity index (χ0v) is 21.4. The standard InChI is InChI=1S/C28H34NO6P/c1-20-26(5-4-6-27(20)35-18-21-7-13-25(14-8-21)36(32)33)28(15-2-3-16-28)29-17-23(31)19-34-24-11-9-22(30)10-12-24/h4-14,23,29-31,36H,2-3,15-19H2,1H3,(H,32,33)/t23-/m0/s1. The Kier molecular flexibility index (Phi) is 8.70. The molecule has 192 valence electrons. The van der Waals surface area contributed by atoms with Crippen LogP contribution in [-0.4, -0.2) is 34.4 Å². The number of hydrogen-bond donors (Lipinski definition) is 4. The molecule has 4 rings (SSSR count). The average molecular weight is 512 g/mol. The molecule has 1 aliphatic carbocycles. The summed E-state index contributed by atoms with van der Waals surface area (Å²) in [5.41, 5.74) is 2.94. The van der Waals surface area contributed by atoms with Gasteiger partial charge in [0.1, 0.15) is 36.6 Å². The van der Waals surface area contributed by atoms with Crippen molar-refractivity contribution in [3.05, 3.63) is 83.4 Å². The molecule has 0 aromatic heterocycles. The SMILES string of the molecule is Cc1c(OCc2ccc([PH](=O)O)cc2)cccc1C1(NC[C@H](O)COc2ccc(O)cc2)CCCC1. The Morgan fingerprint density at radius 1 is 1.00 bits per heavy atom. The Labute approximate surface area is 212 Å². The zero-order chi connectivity index (χ0) is 25.5. The van der Waals surface area contributed by atoms with Crippen LogP contribution >= 0.6 is 8.03 Å². The van der Waals surface area contributed by atoms with Gasteiger partial charge in [0.05, 0.1) is 0 Å². The van der Waals surface area contributed by atoms with Crippen LogP contribution in [0.4, 0.5) is 0 Å². The molecule has 1 saturated carbocycles. The van der Waals surface area contributed by atoms with Crippen LogP contribution in [-0.2, 0) is 16.7 Å². The molecule has 1 unspecified atom stereocenters. The van der Waals surface area contributed by atoms with Crippen molar-refractivity contribution in [3.63, 3.8) is 0 Å². The van der Waals surface area contributed by atoms with Crippen molar-refractivity contribution in [2.75, 3.05) is 13.2 Å². The van der Waals surface area contributed by atoms with Gasteiger partial charge in [0, 0.05) is 17.4 Å². The van der Waals surface area contributed by atoms with Crippen LogP contribution in [0.2, 0.25) is 0 Å². The molecule has 3 aromatic rings. The highest BCUT2D eigenvalue weighted by molar-refractivity contribution is 7.47. The normalized spacial score (nSPS) is 16.4. The molecule has 0 spiro atoms. The minimum atomic E-state index is -2.69. The molecule has 8 heteroatoms. The molecule has 7 nitrogen and oxygen atoms in total. The Balaban J connectivity index is 1.40. The smallest absolute Gasteiger partial charge is 0.218 e. The van der Waals surface area contributed by atoms with Crippen molar-refractivity contribution in [3.8, 4) is 17.2 Å². The summed E-state index contributed by atoms with van der Waals surface area (Å²) >= 11 is 0. The molecule has 0 saturated heterocycles. The van der Waals surface area contributed by atoms with Gasteiger partial charge in [-0.3, -0.25) is 4.57 Å². The van der Waals surface area contributed by atoms with Crippen molar-refractivity contribution >= 4 is 13.3 Å². The van der Waals surface area contributed by atoms with E-state index in [1.807, 2.05) is 24.3 Å². The van der Waals surface area contributed by atoms with E-state index in [-0.39, 0.29) is 17.9 Å². The van der Waals surface area contributed by atoms with Gasteiger partial charge >= 0.3 is 0 Å². The van der Waals surface area contributed by atoms with Crippen LogP contribution < -0.4 is 20.1 Å². The van der Waals surface area contributed by atoms with E-state index in [4.69, 9.17) is 9.47 Å². The summed E-state index contributed by atoms with van der Waals surface area (Å²) in [6.45, 7) is 2.98. The summed E-state index contributed by atoms with van der Waals surface area (Å²) in [7, 11) is -2.69. The number of phenolic OH excluding ortho intramolecular Hbond substituents is 1. The third kappa shape index (κ3) is 6.48. The number of nitrogens with one attached hydrogen (secondary N) is 1. The van der Waals surface area contributed by atoms with E-state index in [1.54, 1.807) is 36.4 Å². The maximum absolute atomic E-state index is 11.3. The molecule has 1 fully saturated rings. The van der Waals surface area contributed by atoms with Crippen molar-refractivity contribution in [1.82, 2.24) is 5.32 Å². The second-order valence-electron chi connectivity index (χ2n) is 9.35. The second-order valence-corrected chi connectivity index (χ2v) is 10.5. The van der Waals surface area contributed by atoms with Crippen LogP contribution in [0.15, 0.2) is 66.7 Å². The van der Waals surface area contributed by atoms with Crippen LogP contribution in [0.25, 0.3) is 0 Å². The Hall–Kier alpha value is -2.83. The van der Waals surface area contributed by atoms with Gasteiger partial charge in [-0.05, 0) is 78.9 Å². The molecule has 3 aromatic carbocycles. The van der Waals surface area contributed by atoms with Crippen molar-refractivity contribution < 1.29 is 29.1 Å². The highest BCUT2D eigenvalue weighted by atomic mass is 31.1. The fourth-order valence-corrected chi connectivity index (χ4v) is 5.27. The monoisotopic (exact) mass is 511 g/mol.